The molecule has 0 aromatic carbocycles. The van der Waals surface area contributed by atoms with Crippen molar-refractivity contribution in [1.29, 1.82) is 5.26 Å². The standard InChI is InChI=1S/C8H5F2N3O3/c9-8(10)6-5(1-11)7(13(15)16)4(3-14)2-12-6/h2,8,14H,3H2. The molecule has 0 saturated carbocycles. The monoisotopic (exact) mass is 229 g/mol. The molecule has 6 nitrogen and oxygen atoms in total. The Hall–Kier alpha value is -2.14. The molecule has 16 heavy (non-hydrogen) atoms. The third-order valence-electron chi connectivity index (χ3n) is 1.83. The quantitative estimate of drug-likeness (QED) is 0.621. The minimum absolute atomic E-state index is 0.272. The van der Waals surface area contributed by atoms with E-state index in [0.717, 1.165) is 6.20 Å². The maximum Gasteiger partial charge on any atom is 0.296 e. The van der Waals surface area contributed by atoms with Gasteiger partial charge in [-0.3, -0.25) is 15.1 Å². The third kappa shape index (κ3) is 1.94. The molecule has 0 atom stereocenters. The number of halogens is 2. The second-order valence-corrected chi connectivity index (χ2v) is 2.72. The number of aromatic nitrogens is 1. The molecule has 0 spiro atoms. The van der Waals surface area contributed by atoms with Crippen LogP contribution in [0, 0.1) is 21.4 Å². The topological polar surface area (TPSA) is 100 Å². The Balaban J connectivity index is 3.58. The number of nitrogens with zero attached hydrogens (tertiary/aromatic N) is 3. The molecule has 0 unspecified atom stereocenters. The highest BCUT2D eigenvalue weighted by atomic mass is 19.3. The number of pyridine rings is 1. The maximum absolute atomic E-state index is 12.4. The minimum atomic E-state index is -3.08. The first-order valence-electron chi connectivity index (χ1n) is 3.98. The van der Waals surface area contributed by atoms with E-state index < -0.39 is 34.9 Å². The van der Waals surface area contributed by atoms with Gasteiger partial charge in [-0.05, 0) is 0 Å². The van der Waals surface area contributed by atoms with Gasteiger partial charge < -0.3 is 5.11 Å². The van der Waals surface area contributed by atoms with E-state index in [2.05, 4.69) is 4.98 Å². The maximum atomic E-state index is 12.4. The summed E-state index contributed by atoms with van der Waals surface area (Å²) in [6, 6.07) is 1.31. The Morgan fingerprint density at radius 1 is 1.69 bits per heavy atom. The predicted molar refractivity (Wildman–Crippen MR) is 46.5 cm³/mol. The lowest BCUT2D eigenvalue weighted by Gasteiger charge is -2.05. The van der Waals surface area contributed by atoms with E-state index in [-0.39, 0.29) is 5.56 Å². The summed E-state index contributed by atoms with van der Waals surface area (Å²) in [5, 5.41) is 28.0. The van der Waals surface area contributed by atoms with Gasteiger partial charge in [0.05, 0.1) is 17.1 Å². The summed E-state index contributed by atoms with van der Waals surface area (Å²) < 4.78 is 24.8. The van der Waals surface area contributed by atoms with Gasteiger partial charge in [0.1, 0.15) is 11.8 Å². The third-order valence-corrected chi connectivity index (χ3v) is 1.83. The van der Waals surface area contributed by atoms with Crippen molar-refractivity contribution in [3.8, 4) is 6.07 Å². The van der Waals surface area contributed by atoms with Crippen molar-refractivity contribution in [2.75, 3.05) is 0 Å². The number of aliphatic hydroxyl groups is 1. The highest BCUT2D eigenvalue weighted by Crippen LogP contribution is 2.30. The average Bonchev–Trinajstić information content (AvgIpc) is 2.26. The van der Waals surface area contributed by atoms with Gasteiger partial charge in [0.2, 0.25) is 0 Å². The molecule has 0 fully saturated rings. The van der Waals surface area contributed by atoms with Crippen LogP contribution >= 0.6 is 0 Å². The fourth-order valence-corrected chi connectivity index (χ4v) is 1.15. The molecule has 1 aromatic rings. The van der Waals surface area contributed by atoms with Gasteiger partial charge in [-0.25, -0.2) is 8.78 Å². The number of hydrogen-bond donors (Lipinski definition) is 1. The van der Waals surface area contributed by atoms with Crippen molar-refractivity contribution < 1.29 is 18.8 Å². The Labute approximate surface area is 87.9 Å². The summed E-state index contributed by atoms with van der Waals surface area (Å²) in [6.07, 6.45) is -2.32. The Morgan fingerprint density at radius 3 is 2.69 bits per heavy atom. The number of nitro groups is 1. The summed E-state index contributed by atoms with van der Waals surface area (Å²) in [5.41, 5.74) is -2.86. The predicted octanol–water partition coefficient (Wildman–Crippen LogP) is 1.29. The Morgan fingerprint density at radius 2 is 2.31 bits per heavy atom. The van der Waals surface area contributed by atoms with Crippen LogP contribution in [-0.4, -0.2) is 15.0 Å². The first-order valence-corrected chi connectivity index (χ1v) is 3.98. The van der Waals surface area contributed by atoms with Crippen LogP contribution in [-0.2, 0) is 6.61 Å². The molecule has 1 heterocycles. The molecule has 84 valence electrons. The van der Waals surface area contributed by atoms with Crippen LogP contribution < -0.4 is 0 Å². The van der Waals surface area contributed by atoms with Crippen molar-refractivity contribution in [1.82, 2.24) is 4.98 Å². The lowest BCUT2D eigenvalue weighted by atomic mass is 10.1. The summed E-state index contributed by atoms with van der Waals surface area (Å²) in [4.78, 5) is 12.8. The van der Waals surface area contributed by atoms with Gasteiger partial charge in [-0.2, -0.15) is 5.26 Å². The number of nitriles is 1. The molecule has 8 heteroatoms. The number of aliphatic hydroxyl groups excluding tert-OH is 1. The van der Waals surface area contributed by atoms with E-state index in [4.69, 9.17) is 10.4 Å². The van der Waals surface area contributed by atoms with Gasteiger partial charge in [0.15, 0.2) is 5.56 Å². The summed E-state index contributed by atoms with van der Waals surface area (Å²) in [6.45, 7) is -0.749. The van der Waals surface area contributed by atoms with Gasteiger partial charge in [-0.1, -0.05) is 0 Å². The van der Waals surface area contributed by atoms with Crippen LogP contribution in [0.25, 0.3) is 0 Å². The molecule has 0 aliphatic carbocycles. The molecule has 0 radical (unpaired) electrons. The average molecular weight is 229 g/mol. The van der Waals surface area contributed by atoms with Crippen molar-refractivity contribution in [3.63, 3.8) is 0 Å². The molecule has 0 aliphatic rings. The van der Waals surface area contributed by atoms with E-state index in [1.165, 1.54) is 6.07 Å². The van der Waals surface area contributed by atoms with Crippen LogP contribution in [0.2, 0.25) is 0 Å². The zero-order valence-electron chi connectivity index (χ0n) is 7.72. The van der Waals surface area contributed by atoms with Gasteiger partial charge >= 0.3 is 0 Å². The van der Waals surface area contributed by atoms with E-state index in [9.17, 15) is 18.9 Å². The Bertz CT molecular complexity index is 470. The van der Waals surface area contributed by atoms with Crippen LogP contribution in [0.1, 0.15) is 23.2 Å². The lowest BCUT2D eigenvalue weighted by Crippen LogP contribution is -2.05. The van der Waals surface area contributed by atoms with Gasteiger partial charge in [0, 0.05) is 6.20 Å². The highest BCUT2D eigenvalue weighted by Gasteiger charge is 2.27. The fraction of sp³-hybridized carbons (Fsp3) is 0.250. The smallest absolute Gasteiger partial charge is 0.296 e. The molecule has 0 bridgehead atoms. The molecule has 0 saturated heterocycles. The van der Waals surface area contributed by atoms with E-state index in [0.29, 0.717) is 0 Å². The van der Waals surface area contributed by atoms with Crippen LogP contribution in [0.15, 0.2) is 6.20 Å². The molecular weight excluding hydrogens is 224 g/mol. The molecule has 0 amide bonds. The summed E-state index contributed by atoms with van der Waals surface area (Å²) in [5.74, 6) is 0. The number of hydrogen-bond acceptors (Lipinski definition) is 5. The second kappa shape index (κ2) is 4.59. The van der Waals surface area contributed by atoms with Gasteiger partial charge in [-0.15, -0.1) is 0 Å². The van der Waals surface area contributed by atoms with Crippen molar-refractivity contribution in [3.05, 3.63) is 33.1 Å². The van der Waals surface area contributed by atoms with E-state index in [1.807, 2.05) is 0 Å². The van der Waals surface area contributed by atoms with E-state index >= 15 is 0 Å². The lowest BCUT2D eigenvalue weighted by molar-refractivity contribution is -0.386. The van der Waals surface area contributed by atoms with Crippen LogP contribution in [0.3, 0.4) is 0 Å². The fourth-order valence-electron chi connectivity index (χ4n) is 1.15. The largest absolute Gasteiger partial charge is 0.391 e. The summed E-state index contributed by atoms with van der Waals surface area (Å²) >= 11 is 0. The normalized spacial score (nSPS) is 10.2. The molecule has 1 aromatic heterocycles. The van der Waals surface area contributed by atoms with Crippen molar-refractivity contribution >= 4 is 5.69 Å². The molecular formula is C8H5F2N3O3. The molecule has 1 rings (SSSR count). The minimum Gasteiger partial charge on any atom is -0.391 e. The molecule has 1 N–H and O–H groups in total. The van der Waals surface area contributed by atoms with Crippen molar-refractivity contribution in [2.45, 2.75) is 13.0 Å². The SMILES string of the molecule is N#Cc1c(C(F)F)ncc(CO)c1[N+](=O)[O-]. The van der Waals surface area contributed by atoms with E-state index in [1.54, 1.807) is 0 Å². The molecule has 0 aliphatic heterocycles. The highest BCUT2D eigenvalue weighted by molar-refractivity contribution is 5.55. The van der Waals surface area contributed by atoms with Crippen LogP contribution in [0.5, 0.6) is 0 Å². The second-order valence-electron chi connectivity index (χ2n) is 2.72. The number of alkyl halides is 2. The first kappa shape index (κ1) is 11.9. The summed E-state index contributed by atoms with van der Waals surface area (Å²) in [7, 11) is 0. The van der Waals surface area contributed by atoms with Crippen molar-refractivity contribution in [2.24, 2.45) is 0 Å². The zero-order chi connectivity index (χ0) is 12.3. The Kier molecular flexibility index (Phi) is 3.42. The van der Waals surface area contributed by atoms with Gasteiger partial charge in [0.25, 0.3) is 12.1 Å². The first-order chi connectivity index (χ1) is 7.52. The van der Waals surface area contributed by atoms with Crippen LogP contribution in [0.4, 0.5) is 14.5 Å². The zero-order valence-corrected chi connectivity index (χ0v) is 7.72. The number of rotatable bonds is 3.